The number of nitrogens with zero attached hydrogens (tertiary/aromatic N) is 2. The Balaban J connectivity index is 1.69. The van der Waals surface area contributed by atoms with Crippen LogP contribution < -0.4 is 0 Å². The predicted octanol–water partition coefficient (Wildman–Crippen LogP) is 5.20. The predicted molar refractivity (Wildman–Crippen MR) is 98.5 cm³/mol. The first-order valence-corrected chi connectivity index (χ1v) is 7.97. The number of aromatic nitrogens is 2. The van der Waals surface area contributed by atoms with Gasteiger partial charge in [-0.25, -0.2) is 4.98 Å². The van der Waals surface area contributed by atoms with Gasteiger partial charge in [-0.3, -0.25) is 0 Å². The molecule has 0 saturated heterocycles. The molecular formula is C21H15N3O. The van der Waals surface area contributed by atoms with E-state index in [9.17, 15) is 5.26 Å². The summed E-state index contributed by atoms with van der Waals surface area (Å²) in [6.45, 7) is 2.05. The lowest BCUT2D eigenvalue weighted by Crippen LogP contribution is -1.84. The van der Waals surface area contributed by atoms with Crippen LogP contribution in [-0.2, 0) is 0 Å². The van der Waals surface area contributed by atoms with E-state index in [4.69, 9.17) is 4.42 Å². The number of furan rings is 1. The van der Waals surface area contributed by atoms with Crippen LogP contribution in [0.2, 0.25) is 0 Å². The van der Waals surface area contributed by atoms with Crippen molar-refractivity contribution >= 4 is 22.7 Å². The van der Waals surface area contributed by atoms with Crippen LogP contribution in [0.1, 0.15) is 17.1 Å². The summed E-state index contributed by atoms with van der Waals surface area (Å²) < 4.78 is 5.87. The molecule has 2 aromatic heterocycles. The maximum absolute atomic E-state index is 9.50. The van der Waals surface area contributed by atoms with Crippen molar-refractivity contribution in [1.29, 1.82) is 5.26 Å². The summed E-state index contributed by atoms with van der Waals surface area (Å²) in [7, 11) is 0. The fraction of sp³-hybridized carbons (Fsp3) is 0.0476. The summed E-state index contributed by atoms with van der Waals surface area (Å²) in [5.41, 5.74) is 4.37. The number of allylic oxidation sites excluding steroid dienone is 1. The smallest absolute Gasteiger partial charge is 0.149 e. The van der Waals surface area contributed by atoms with Crippen molar-refractivity contribution in [2.75, 3.05) is 0 Å². The largest absolute Gasteiger partial charge is 0.457 e. The van der Waals surface area contributed by atoms with Crippen LogP contribution in [-0.4, -0.2) is 9.97 Å². The van der Waals surface area contributed by atoms with Gasteiger partial charge < -0.3 is 9.40 Å². The molecule has 25 heavy (non-hydrogen) atoms. The number of para-hydroxylation sites is 2. The molecule has 4 rings (SSSR count). The molecule has 0 saturated carbocycles. The van der Waals surface area contributed by atoms with Gasteiger partial charge in [0.15, 0.2) is 0 Å². The van der Waals surface area contributed by atoms with Crippen molar-refractivity contribution < 1.29 is 4.42 Å². The lowest BCUT2D eigenvalue weighted by molar-refractivity contribution is 0.572. The maximum Gasteiger partial charge on any atom is 0.149 e. The number of H-pyrrole nitrogens is 1. The van der Waals surface area contributed by atoms with Crippen LogP contribution in [0, 0.1) is 18.3 Å². The number of aryl methyl sites for hydroxylation is 1. The zero-order valence-electron chi connectivity index (χ0n) is 13.7. The first-order valence-electron chi connectivity index (χ1n) is 7.97. The van der Waals surface area contributed by atoms with E-state index in [1.54, 1.807) is 6.08 Å². The summed E-state index contributed by atoms with van der Waals surface area (Å²) in [5.74, 6) is 1.93. The molecule has 2 heterocycles. The van der Waals surface area contributed by atoms with E-state index >= 15 is 0 Å². The normalized spacial score (nSPS) is 11.6. The van der Waals surface area contributed by atoms with Gasteiger partial charge in [-0.05, 0) is 31.2 Å². The number of nitrogens with one attached hydrogen (secondary N) is 1. The van der Waals surface area contributed by atoms with Crippen LogP contribution in [0.3, 0.4) is 0 Å². The second kappa shape index (κ2) is 6.14. The van der Waals surface area contributed by atoms with Gasteiger partial charge in [0.25, 0.3) is 0 Å². The highest BCUT2D eigenvalue weighted by Gasteiger charge is 2.09. The van der Waals surface area contributed by atoms with Crippen molar-refractivity contribution in [2.45, 2.75) is 6.92 Å². The Morgan fingerprint density at radius 1 is 1.08 bits per heavy atom. The fourth-order valence-electron chi connectivity index (χ4n) is 2.68. The van der Waals surface area contributed by atoms with E-state index in [0.717, 1.165) is 22.4 Å². The molecule has 2 aromatic carbocycles. The molecular weight excluding hydrogens is 310 g/mol. The van der Waals surface area contributed by atoms with Gasteiger partial charge in [0, 0.05) is 11.6 Å². The molecule has 0 amide bonds. The van der Waals surface area contributed by atoms with Crippen LogP contribution >= 0.6 is 0 Å². The summed E-state index contributed by atoms with van der Waals surface area (Å²) >= 11 is 0. The van der Waals surface area contributed by atoms with Gasteiger partial charge in [0.2, 0.25) is 0 Å². The van der Waals surface area contributed by atoms with Gasteiger partial charge in [0.1, 0.15) is 23.4 Å². The quantitative estimate of drug-likeness (QED) is 0.527. The molecule has 0 bridgehead atoms. The average molecular weight is 325 g/mol. The van der Waals surface area contributed by atoms with E-state index in [1.807, 2.05) is 67.6 Å². The van der Waals surface area contributed by atoms with Gasteiger partial charge in [-0.15, -0.1) is 0 Å². The zero-order chi connectivity index (χ0) is 17.2. The number of imidazole rings is 1. The number of fused-ring (bicyclic) bond motifs is 1. The minimum Gasteiger partial charge on any atom is -0.457 e. The maximum atomic E-state index is 9.50. The van der Waals surface area contributed by atoms with Gasteiger partial charge in [0.05, 0.1) is 16.6 Å². The first-order chi connectivity index (χ1) is 12.2. The average Bonchev–Trinajstić information content (AvgIpc) is 3.27. The molecule has 120 valence electrons. The molecule has 4 heteroatoms. The third-order valence-corrected chi connectivity index (χ3v) is 4.01. The van der Waals surface area contributed by atoms with Crippen LogP contribution in [0.25, 0.3) is 34.0 Å². The zero-order valence-corrected chi connectivity index (χ0v) is 13.7. The minimum absolute atomic E-state index is 0.431. The van der Waals surface area contributed by atoms with Crippen LogP contribution in [0.4, 0.5) is 0 Å². The molecule has 0 aliphatic carbocycles. The molecule has 0 fully saturated rings. The Morgan fingerprint density at radius 2 is 1.88 bits per heavy atom. The molecule has 4 aromatic rings. The number of aromatic amines is 1. The minimum atomic E-state index is 0.431. The Hall–Kier alpha value is -3.58. The molecule has 0 radical (unpaired) electrons. The number of hydrogen-bond donors (Lipinski definition) is 1. The second-order valence-corrected chi connectivity index (χ2v) is 5.84. The van der Waals surface area contributed by atoms with E-state index in [1.165, 1.54) is 5.56 Å². The summed E-state index contributed by atoms with van der Waals surface area (Å²) in [6, 6.07) is 21.8. The SMILES string of the molecule is Cc1ccc(-c2ccc(C=C(C#N)c3nc4ccccc4[nH]3)o2)cc1. The van der Waals surface area contributed by atoms with E-state index < -0.39 is 0 Å². The van der Waals surface area contributed by atoms with Crippen molar-refractivity contribution in [3.63, 3.8) is 0 Å². The van der Waals surface area contributed by atoms with Gasteiger partial charge in [-0.1, -0.05) is 42.0 Å². The standard InChI is InChI=1S/C21H15N3O/c1-14-6-8-15(9-7-14)20-11-10-17(25-20)12-16(13-22)21-23-18-4-2-3-5-19(18)24-21/h2-12H,1H3,(H,23,24). The Morgan fingerprint density at radius 3 is 2.64 bits per heavy atom. The molecule has 0 aliphatic rings. The first kappa shape index (κ1) is 15.0. The monoisotopic (exact) mass is 325 g/mol. The Kier molecular flexibility index (Phi) is 3.68. The lowest BCUT2D eigenvalue weighted by atomic mass is 10.1. The molecule has 0 atom stereocenters. The van der Waals surface area contributed by atoms with Crippen molar-refractivity contribution in [3.05, 3.63) is 77.8 Å². The highest BCUT2D eigenvalue weighted by atomic mass is 16.3. The van der Waals surface area contributed by atoms with E-state index in [2.05, 4.69) is 16.0 Å². The third kappa shape index (κ3) is 2.96. The van der Waals surface area contributed by atoms with Gasteiger partial charge in [-0.2, -0.15) is 5.26 Å². The molecule has 0 spiro atoms. The number of nitriles is 1. The fourth-order valence-corrected chi connectivity index (χ4v) is 2.68. The molecule has 4 nitrogen and oxygen atoms in total. The van der Waals surface area contributed by atoms with Crippen LogP contribution in [0.15, 0.2) is 65.1 Å². The van der Waals surface area contributed by atoms with Crippen LogP contribution in [0.5, 0.6) is 0 Å². The highest BCUT2D eigenvalue weighted by molar-refractivity contribution is 5.89. The topological polar surface area (TPSA) is 65.6 Å². The summed E-state index contributed by atoms with van der Waals surface area (Å²) in [5, 5.41) is 9.50. The number of hydrogen-bond acceptors (Lipinski definition) is 3. The summed E-state index contributed by atoms with van der Waals surface area (Å²) in [4.78, 5) is 7.63. The molecule has 0 unspecified atom stereocenters. The third-order valence-electron chi connectivity index (χ3n) is 4.01. The molecule has 0 aliphatic heterocycles. The highest BCUT2D eigenvalue weighted by Crippen LogP contribution is 2.25. The van der Waals surface area contributed by atoms with E-state index in [0.29, 0.717) is 17.2 Å². The Bertz CT molecular complexity index is 1070. The van der Waals surface area contributed by atoms with Crippen molar-refractivity contribution in [3.8, 4) is 17.4 Å². The summed E-state index contributed by atoms with van der Waals surface area (Å²) in [6.07, 6.45) is 1.70. The Labute approximate surface area is 145 Å². The van der Waals surface area contributed by atoms with Gasteiger partial charge >= 0.3 is 0 Å². The number of rotatable bonds is 3. The van der Waals surface area contributed by atoms with E-state index in [-0.39, 0.29) is 0 Å². The molecule has 1 N–H and O–H groups in total. The lowest BCUT2D eigenvalue weighted by Gasteiger charge is -1.97. The second-order valence-electron chi connectivity index (χ2n) is 5.84. The number of benzene rings is 2. The van der Waals surface area contributed by atoms with Crippen molar-refractivity contribution in [2.24, 2.45) is 0 Å². The van der Waals surface area contributed by atoms with Crippen molar-refractivity contribution in [1.82, 2.24) is 9.97 Å².